The summed E-state index contributed by atoms with van der Waals surface area (Å²) in [6.07, 6.45) is 4.70. The minimum absolute atomic E-state index is 0.0382. The molecule has 0 atom stereocenters. The van der Waals surface area contributed by atoms with E-state index in [2.05, 4.69) is 15.6 Å². The number of methoxy groups -OCH3 is 1. The molecule has 0 spiro atoms. The van der Waals surface area contributed by atoms with Crippen molar-refractivity contribution >= 4 is 33.4 Å². The molecule has 10 heteroatoms. The van der Waals surface area contributed by atoms with Crippen LogP contribution in [0.4, 0.5) is 0 Å². The highest BCUT2D eigenvalue weighted by Crippen LogP contribution is 2.26. The number of carbonyl (C=O) groups excluding carboxylic acids is 2. The van der Waals surface area contributed by atoms with Crippen LogP contribution in [0, 0.1) is 5.92 Å². The third-order valence-corrected chi connectivity index (χ3v) is 7.04. The Morgan fingerprint density at radius 2 is 1.72 bits per heavy atom. The van der Waals surface area contributed by atoms with Crippen LogP contribution in [0.2, 0.25) is 5.02 Å². The van der Waals surface area contributed by atoms with Crippen molar-refractivity contribution in [1.82, 2.24) is 15.6 Å². The Balaban J connectivity index is 1.70. The molecule has 0 bridgehead atoms. The molecule has 1 aliphatic carbocycles. The minimum Gasteiger partial charge on any atom is -0.495 e. The molecule has 0 aromatic heterocycles. The summed E-state index contributed by atoms with van der Waals surface area (Å²) in [5.41, 5.74) is 5.60. The zero-order valence-electron chi connectivity index (χ0n) is 17.7. The van der Waals surface area contributed by atoms with Crippen LogP contribution in [0.25, 0.3) is 0 Å². The van der Waals surface area contributed by atoms with Gasteiger partial charge >= 0.3 is 0 Å². The molecule has 0 heterocycles. The fourth-order valence-corrected chi connectivity index (χ4v) is 4.88. The maximum Gasteiger partial charge on any atom is 0.269 e. The summed E-state index contributed by atoms with van der Waals surface area (Å²) in [4.78, 5) is 24.6. The van der Waals surface area contributed by atoms with E-state index >= 15 is 0 Å². The molecule has 1 aliphatic rings. The zero-order valence-corrected chi connectivity index (χ0v) is 19.3. The van der Waals surface area contributed by atoms with Crippen LogP contribution in [0.15, 0.2) is 47.4 Å². The van der Waals surface area contributed by atoms with Gasteiger partial charge in [0.25, 0.3) is 5.91 Å². The van der Waals surface area contributed by atoms with E-state index in [0.717, 1.165) is 37.7 Å². The predicted octanol–water partition coefficient (Wildman–Crippen LogP) is 3.17. The molecule has 0 unspecified atom stereocenters. The van der Waals surface area contributed by atoms with Crippen molar-refractivity contribution < 1.29 is 22.7 Å². The third kappa shape index (κ3) is 6.21. The first-order valence-electron chi connectivity index (χ1n) is 10.3. The number of hydrogen-bond acceptors (Lipinski definition) is 5. The Labute approximate surface area is 192 Å². The van der Waals surface area contributed by atoms with E-state index in [4.69, 9.17) is 16.3 Å². The Morgan fingerprint density at radius 1 is 1.03 bits per heavy atom. The van der Waals surface area contributed by atoms with Gasteiger partial charge in [-0.05, 0) is 48.7 Å². The first-order valence-corrected chi connectivity index (χ1v) is 12.2. The maximum absolute atomic E-state index is 12.9. The Hall–Kier alpha value is -2.62. The van der Waals surface area contributed by atoms with Gasteiger partial charge in [0.1, 0.15) is 10.6 Å². The largest absolute Gasteiger partial charge is 0.495 e. The fraction of sp³-hybridized carbons (Fsp3) is 0.364. The normalized spacial score (nSPS) is 14.6. The van der Waals surface area contributed by atoms with Crippen LogP contribution >= 0.6 is 11.6 Å². The van der Waals surface area contributed by atoms with Crippen molar-refractivity contribution in [2.24, 2.45) is 5.92 Å². The number of rotatable bonds is 7. The highest BCUT2D eigenvalue weighted by Gasteiger charge is 2.23. The van der Waals surface area contributed by atoms with Gasteiger partial charge < -0.3 is 4.74 Å². The van der Waals surface area contributed by atoms with Crippen molar-refractivity contribution in [2.45, 2.75) is 43.5 Å². The summed E-state index contributed by atoms with van der Waals surface area (Å²) in [5, 5.41) is 0.549. The van der Waals surface area contributed by atoms with Crippen LogP contribution in [-0.4, -0.2) is 27.3 Å². The number of ether oxygens (including phenoxy) is 1. The average molecular weight is 480 g/mol. The maximum atomic E-state index is 12.9. The lowest BCUT2D eigenvalue weighted by Gasteiger charge is -2.20. The number of sulfonamides is 1. The van der Waals surface area contributed by atoms with E-state index in [1.165, 1.54) is 25.3 Å². The molecular weight excluding hydrogens is 454 g/mol. The number of amides is 2. The van der Waals surface area contributed by atoms with E-state index < -0.39 is 15.9 Å². The van der Waals surface area contributed by atoms with Crippen molar-refractivity contribution in [1.29, 1.82) is 0 Å². The van der Waals surface area contributed by atoms with Gasteiger partial charge in [0, 0.05) is 23.0 Å². The topological polar surface area (TPSA) is 114 Å². The average Bonchev–Trinajstić information content (AvgIpc) is 2.82. The molecule has 3 rings (SSSR count). The second kappa shape index (κ2) is 10.8. The number of hydrazine groups is 1. The molecule has 2 aromatic rings. The molecule has 1 saturated carbocycles. The first kappa shape index (κ1) is 24.0. The Kier molecular flexibility index (Phi) is 8.11. The van der Waals surface area contributed by atoms with Gasteiger partial charge in [0.05, 0.1) is 7.11 Å². The molecule has 32 heavy (non-hydrogen) atoms. The molecule has 0 saturated heterocycles. The first-order chi connectivity index (χ1) is 15.3. The molecule has 2 aromatic carbocycles. The van der Waals surface area contributed by atoms with Gasteiger partial charge in [0.2, 0.25) is 15.9 Å². The van der Waals surface area contributed by atoms with Crippen molar-refractivity contribution in [2.75, 3.05) is 7.11 Å². The highest BCUT2D eigenvalue weighted by atomic mass is 35.5. The van der Waals surface area contributed by atoms with E-state index in [9.17, 15) is 18.0 Å². The third-order valence-electron chi connectivity index (χ3n) is 5.37. The summed E-state index contributed by atoms with van der Waals surface area (Å²) < 4.78 is 33.4. The van der Waals surface area contributed by atoms with Gasteiger partial charge in [0.15, 0.2) is 0 Å². The summed E-state index contributed by atoms with van der Waals surface area (Å²) in [7, 11) is -2.65. The number of benzene rings is 2. The van der Waals surface area contributed by atoms with Crippen molar-refractivity contribution in [3.63, 3.8) is 0 Å². The van der Waals surface area contributed by atoms with Crippen LogP contribution < -0.4 is 20.3 Å². The fourth-order valence-electron chi connectivity index (χ4n) is 3.54. The van der Waals surface area contributed by atoms with Crippen molar-refractivity contribution in [3.8, 4) is 5.75 Å². The Morgan fingerprint density at radius 3 is 2.38 bits per heavy atom. The van der Waals surface area contributed by atoms with E-state index in [-0.39, 0.29) is 34.6 Å². The lowest BCUT2D eigenvalue weighted by Crippen LogP contribution is -2.45. The van der Waals surface area contributed by atoms with Crippen LogP contribution in [-0.2, 0) is 21.4 Å². The SMILES string of the molecule is COc1ccc(C(=O)NNC(=O)C2CCCCC2)cc1S(=O)(=O)NCc1ccc(Cl)cc1. The number of carbonyl (C=O) groups is 2. The molecule has 1 fully saturated rings. The van der Waals surface area contributed by atoms with Crippen LogP contribution in [0.1, 0.15) is 48.0 Å². The van der Waals surface area contributed by atoms with Gasteiger partial charge in [-0.2, -0.15) is 0 Å². The predicted molar refractivity (Wildman–Crippen MR) is 121 cm³/mol. The van der Waals surface area contributed by atoms with E-state index in [0.29, 0.717) is 5.02 Å². The molecule has 3 N–H and O–H groups in total. The number of halogens is 1. The van der Waals surface area contributed by atoms with E-state index in [1.807, 2.05) is 0 Å². The molecule has 8 nitrogen and oxygen atoms in total. The van der Waals surface area contributed by atoms with Crippen molar-refractivity contribution in [3.05, 3.63) is 58.6 Å². The molecule has 0 radical (unpaired) electrons. The van der Waals surface area contributed by atoms with Gasteiger partial charge in [-0.1, -0.05) is 43.0 Å². The molecule has 172 valence electrons. The molecule has 2 amide bonds. The van der Waals surface area contributed by atoms with Gasteiger partial charge in [-0.3, -0.25) is 20.4 Å². The van der Waals surface area contributed by atoms with Crippen LogP contribution in [0.3, 0.4) is 0 Å². The highest BCUT2D eigenvalue weighted by molar-refractivity contribution is 7.89. The lowest BCUT2D eigenvalue weighted by molar-refractivity contribution is -0.126. The summed E-state index contributed by atoms with van der Waals surface area (Å²) in [5.74, 6) is -0.876. The summed E-state index contributed by atoms with van der Waals surface area (Å²) >= 11 is 5.85. The number of nitrogens with one attached hydrogen (secondary N) is 3. The second-order valence-corrected chi connectivity index (χ2v) is 9.77. The Bertz CT molecular complexity index is 1070. The lowest BCUT2D eigenvalue weighted by atomic mass is 9.89. The zero-order chi connectivity index (χ0) is 23.1. The second-order valence-electron chi connectivity index (χ2n) is 7.59. The summed E-state index contributed by atoms with van der Waals surface area (Å²) in [6, 6.07) is 10.8. The van der Waals surface area contributed by atoms with Gasteiger partial charge in [-0.25, -0.2) is 13.1 Å². The quantitative estimate of drug-likeness (QED) is 0.528. The minimum atomic E-state index is -3.99. The monoisotopic (exact) mass is 479 g/mol. The smallest absolute Gasteiger partial charge is 0.269 e. The van der Waals surface area contributed by atoms with E-state index in [1.54, 1.807) is 24.3 Å². The summed E-state index contributed by atoms with van der Waals surface area (Å²) in [6.45, 7) is 0.0382. The van der Waals surface area contributed by atoms with Crippen LogP contribution in [0.5, 0.6) is 5.75 Å². The van der Waals surface area contributed by atoms with Gasteiger partial charge in [-0.15, -0.1) is 0 Å². The number of hydrogen-bond donors (Lipinski definition) is 3. The molecule has 0 aliphatic heterocycles. The molecular formula is C22H26ClN3O5S. The standard InChI is InChI=1S/C22H26ClN3O5S/c1-31-19-12-9-17(22(28)26-25-21(27)16-5-3-2-4-6-16)13-20(19)32(29,30)24-14-15-7-10-18(23)11-8-15/h7-13,16,24H,2-6,14H2,1H3,(H,25,27)(H,26,28).